The average molecular weight is 382 g/mol. The Morgan fingerprint density at radius 3 is 2.33 bits per heavy atom. The maximum absolute atomic E-state index is 12.7. The molecule has 0 spiro atoms. The molecule has 7 heteroatoms. The van der Waals surface area contributed by atoms with E-state index < -0.39 is 0 Å². The van der Waals surface area contributed by atoms with Gasteiger partial charge in [0.05, 0.1) is 0 Å². The fourth-order valence-electron chi connectivity index (χ4n) is 3.47. The van der Waals surface area contributed by atoms with Crippen LogP contribution in [0.5, 0.6) is 0 Å². The van der Waals surface area contributed by atoms with Crippen molar-refractivity contribution in [1.82, 2.24) is 14.8 Å². The Kier molecular flexibility index (Phi) is 4.94. The van der Waals surface area contributed by atoms with Crippen LogP contribution < -0.4 is 10.2 Å². The summed E-state index contributed by atoms with van der Waals surface area (Å²) < 4.78 is 1.96. The Morgan fingerprint density at radius 1 is 1.04 bits per heavy atom. The summed E-state index contributed by atoms with van der Waals surface area (Å²) in [5.41, 5.74) is 3.16. The van der Waals surface area contributed by atoms with E-state index in [-0.39, 0.29) is 11.8 Å². The van der Waals surface area contributed by atoms with Gasteiger partial charge >= 0.3 is 0 Å². The molecule has 1 aliphatic rings. The zero-order valence-corrected chi connectivity index (χ0v) is 16.4. The maximum Gasteiger partial charge on any atom is 0.227 e. The molecule has 1 fully saturated rings. The van der Waals surface area contributed by atoms with E-state index in [2.05, 4.69) is 20.4 Å². The Hall–Kier alpha value is -2.67. The lowest BCUT2D eigenvalue weighted by Crippen LogP contribution is -2.38. The van der Waals surface area contributed by atoms with Gasteiger partial charge in [-0.05, 0) is 49.9 Å². The molecule has 4 rings (SSSR count). The van der Waals surface area contributed by atoms with Gasteiger partial charge in [-0.3, -0.25) is 9.36 Å². The molecule has 1 N–H and O–H groups in total. The second-order valence-corrected chi connectivity index (χ2v) is 7.91. The van der Waals surface area contributed by atoms with Crippen LogP contribution in [0.2, 0.25) is 0 Å². The summed E-state index contributed by atoms with van der Waals surface area (Å²) in [7, 11) is 0. The van der Waals surface area contributed by atoms with E-state index >= 15 is 0 Å². The minimum absolute atomic E-state index is 0.0390. The molecule has 0 bridgehead atoms. The first kappa shape index (κ1) is 17.7. The van der Waals surface area contributed by atoms with E-state index in [1.54, 1.807) is 11.3 Å². The van der Waals surface area contributed by atoms with Crippen molar-refractivity contribution >= 4 is 28.1 Å². The predicted octanol–water partition coefficient (Wildman–Crippen LogP) is 3.80. The molecule has 1 aliphatic heterocycles. The number of nitrogens with zero attached hydrogens (tertiary/aromatic N) is 4. The van der Waals surface area contributed by atoms with Crippen molar-refractivity contribution in [3.05, 3.63) is 53.9 Å². The summed E-state index contributed by atoms with van der Waals surface area (Å²) in [6.07, 6.45) is 5.59. The predicted molar refractivity (Wildman–Crippen MR) is 109 cm³/mol. The lowest BCUT2D eigenvalue weighted by molar-refractivity contribution is -0.120. The molecule has 3 aromatic rings. The number of aromatic nitrogens is 3. The normalized spacial score (nSPS) is 15.1. The molecule has 3 heterocycles. The van der Waals surface area contributed by atoms with E-state index in [1.807, 2.05) is 61.1 Å². The topological polar surface area (TPSA) is 63.1 Å². The number of benzene rings is 1. The zero-order chi connectivity index (χ0) is 18.8. The number of piperidine rings is 1. The summed E-state index contributed by atoms with van der Waals surface area (Å²) in [5.74, 6) is 0.162. The van der Waals surface area contributed by atoms with Crippen LogP contribution in [0, 0.1) is 19.8 Å². The highest BCUT2D eigenvalue weighted by Gasteiger charge is 2.27. The number of aryl methyl sites for hydroxylation is 2. The summed E-state index contributed by atoms with van der Waals surface area (Å²) in [6, 6.07) is 10.0. The minimum atomic E-state index is 0.0390. The summed E-state index contributed by atoms with van der Waals surface area (Å²) in [4.78, 5) is 14.9. The zero-order valence-electron chi connectivity index (χ0n) is 15.6. The number of rotatable bonds is 4. The summed E-state index contributed by atoms with van der Waals surface area (Å²) >= 11 is 1.58. The fraction of sp³-hybridized carbons (Fsp3) is 0.350. The molecular formula is C20H23N5OS. The molecule has 0 saturated carbocycles. The molecule has 0 atom stereocenters. The fourth-order valence-corrected chi connectivity index (χ4v) is 4.34. The third kappa shape index (κ3) is 3.73. The van der Waals surface area contributed by atoms with Crippen molar-refractivity contribution in [3.8, 4) is 5.13 Å². The Morgan fingerprint density at radius 2 is 1.67 bits per heavy atom. The number of carbonyl (C=O) groups excluding carboxylic acids is 1. The highest BCUT2D eigenvalue weighted by Crippen LogP contribution is 2.29. The van der Waals surface area contributed by atoms with Gasteiger partial charge in [0.25, 0.3) is 0 Å². The molecule has 0 aliphatic carbocycles. The molecule has 27 heavy (non-hydrogen) atoms. The van der Waals surface area contributed by atoms with Gasteiger partial charge in [-0.2, -0.15) is 0 Å². The van der Waals surface area contributed by atoms with Gasteiger partial charge in [0.15, 0.2) is 0 Å². The lowest BCUT2D eigenvalue weighted by Gasteiger charge is -2.30. The molecule has 0 unspecified atom stereocenters. The summed E-state index contributed by atoms with van der Waals surface area (Å²) in [6.45, 7) is 5.71. The summed E-state index contributed by atoms with van der Waals surface area (Å²) in [5, 5.41) is 13.5. The monoisotopic (exact) mass is 381 g/mol. The van der Waals surface area contributed by atoms with Gasteiger partial charge in [0.2, 0.25) is 16.2 Å². The van der Waals surface area contributed by atoms with Gasteiger partial charge in [-0.15, -0.1) is 10.2 Å². The molecule has 140 valence electrons. The Bertz CT molecular complexity index is 906. The molecular weight excluding hydrogens is 358 g/mol. The van der Waals surface area contributed by atoms with Gasteiger partial charge in [-0.1, -0.05) is 29.5 Å². The standard InChI is InChI=1S/C20H23N5OS/c1-14-6-5-7-15(2)17(14)21-18(26)16-8-12-25(13-9-16)20-23-22-19(27-20)24-10-3-4-11-24/h3-7,10-11,16H,8-9,12-13H2,1-2H3,(H,21,26). The van der Waals surface area contributed by atoms with E-state index in [4.69, 9.17) is 0 Å². The van der Waals surface area contributed by atoms with Crippen LogP contribution in [0.3, 0.4) is 0 Å². The first-order valence-corrected chi connectivity index (χ1v) is 10.0. The Labute approximate surface area is 162 Å². The number of nitrogens with one attached hydrogen (secondary N) is 1. The first-order chi connectivity index (χ1) is 13.1. The maximum atomic E-state index is 12.7. The van der Waals surface area contributed by atoms with Crippen LogP contribution in [0.25, 0.3) is 5.13 Å². The Balaban J connectivity index is 1.37. The van der Waals surface area contributed by atoms with Crippen LogP contribution in [-0.4, -0.2) is 33.8 Å². The number of hydrogen-bond donors (Lipinski definition) is 1. The number of anilines is 2. The van der Waals surface area contributed by atoms with Crippen LogP contribution >= 0.6 is 11.3 Å². The van der Waals surface area contributed by atoms with E-state index in [9.17, 15) is 4.79 Å². The van der Waals surface area contributed by atoms with Crippen molar-refractivity contribution in [2.45, 2.75) is 26.7 Å². The number of amides is 1. The van der Waals surface area contributed by atoms with Gasteiger partial charge in [-0.25, -0.2) is 0 Å². The number of carbonyl (C=O) groups is 1. The highest BCUT2D eigenvalue weighted by molar-refractivity contribution is 7.17. The molecule has 6 nitrogen and oxygen atoms in total. The molecule has 2 aromatic heterocycles. The van der Waals surface area contributed by atoms with E-state index in [0.717, 1.165) is 53.0 Å². The second kappa shape index (κ2) is 7.52. The minimum Gasteiger partial charge on any atom is -0.347 e. The molecule has 1 aromatic carbocycles. The van der Waals surface area contributed by atoms with Crippen LogP contribution in [0.4, 0.5) is 10.8 Å². The first-order valence-electron chi connectivity index (χ1n) is 9.20. The lowest BCUT2D eigenvalue weighted by atomic mass is 9.95. The van der Waals surface area contributed by atoms with Crippen molar-refractivity contribution in [2.24, 2.45) is 5.92 Å². The van der Waals surface area contributed by atoms with Gasteiger partial charge < -0.3 is 10.2 Å². The smallest absolute Gasteiger partial charge is 0.227 e. The van der Waals surface area contributed by atoms with Crippen molar-refractivity contribution < 1.29 is 4.79 Å². The third-order valence-electron chi connectivity index (χ3n) is 5.09. The van der Waals surface area contributed by atoms with Gasteiger partial charge in [0.1, 0.15) is 0 Å². The second-order valence-electron chi connectivity index (χ2n) is 6.97. The number of para-hydroxylation sites is 1. The molecule has 1 amide bonds. The molecule has 0 radical (unpaired) electrons. The van der Waals surface area contributed by atoms with E-state index in [0.29, 0.717) is 0 Å². The van der Waals surface area contributed by atoms with Crippen LogP contribution in [-0.2, 0) is 4.79 Å². The number of hydrogen-bond acceptors (Lipinski definition) is 5. The SMILES string of the molecule is Cc1cccc(C)c1NC(=O)C1CCN(c2nnc(-n3cccc3)s2)CC1. The third-order valence-corrected chi connectivity index (χ3v) is 6.09. The van der Waals surface area contributed by atoms with Crippen LogP contribution in [0.15, 0.2) is 42.7 Å². The largest absolute Gasteiger partial charge is 0.347 e. The van der Waals surface area contributed by atoms with E-state index in [1.165, 1.54) is 0 Å². The van der Waals surface area contributed by atoms with Crippen molar-refractivity contribution in [1.29, 1.82) is 0 Å². The quantitative estimate of drug-likeness (QED) is 0.747. The highest BCUT2D eigenvalue weighted by atomic mass is 32.1. The van der Waals surface area contributed by atoms with Gasteiger partial charge in [0, 0.05) is 37.1 Å². The van der Waals surface area contributed by atoms with Crippen molar-refractivity contribution in [2.75, 3.05) is 23.3 Å². The van der Waals surface area contributed by atoms with Crippen LogP contribution in [0.1, 0.15) is 24.0 Å². The average Bonchev–Trinajstić information content (AvgIpc) is 3.36. The van der Waals surface area contributed by atoms with Crippen molar-refractivity contribution in [3.63, 3.8) is 0 Å². The molecule has 1 saturated heterocycles.